The highest BCUT2D eigenvalue weighted by Gasteiger charge is 2.32. The van der Waals surface area contributed by atoms with E-state index in [-0.39, 0.29) is 0 Å². The first kappa shape index (κ1) is 18.3. The maximum atomic E-state index is 5.60. The molecule has 0 N–H and O–H groups in total. The van der Waals surface area contributed by atoms with Gasteiger partial charge in [-0.25, -0.2) is 14.5 Å². The van der Waals surface area contributed by atoms with Crippen molar-refractivity contribution < 1.29 is 14.2 Å². The summed E-state index contributed by atoms with van der Waals surface area (Å²) in [6.07, 6.45) is 6.06. The molecule has 0 bridgehead atoms. The summed E-state index contributed by atoms with van der Waals surface area (Å²) in [6.45, 7) is 4.25. The van der Waals surface area contributed by atoms with Crippen LogP contribution in [0.3, 0.4) is 0 Å². The van der Waals surface area contributed by atoms with Crippen LogP contribution in [0, 0.1) is 0 Å². The van der Waals surface area contributed by atoms with Crippen molar-refractivity contribution in [2.45, 2.75) is 18.8 Å². The highest BCUT2D eigenvalue weighted by molar-refractivity contribution is 5.76. The quantitative estimate of drug-likeness (QED) is 0.569. The van der Waals surface area contributed by atoms with Crippen molar-refractivity contribution in [3.05, 3.63) is 36.3 Å². The van der Waals surface area contributed by atoms with E-state index in [9.17, 15) is 0 Å². The predicted molar refractivity (Wildman–Crippen MR) is 109 cm³/mol. The van der Waals surface area contributed by atoms with Crippen molar-refractivity contribution in [1.82, 2.24) is 19.6 Å². The number of fused-ring (bicyclic) bond motifs is 1. The molecule has 0 aromatic carbocycles. The van der Waals surface area contributed by atoms with Gasteiger partial charge in [0.25, 0.3) is 0 Å². The number of methoxy groups -OCH3 is 1. The fourth-order valence-corrected chi connectivity index (χ4v) is 3.75. The van der Waals surface area contributed by atoms with E-state index in [1.54, 1.807) is 7.11 Å². The van der Waals surface area contributed by atoms with Crippen molar-refractivity contribution in [1.29, 1.82) is 0 Å². The molecule has 152 valence electrons. The van der Waals surface area contributed by atoms with E-state index in [2.05, 4.69) is 21.0 Å². The number of anilines is 1. The van der Waals surface area contributed by atoms with Crippen LogP contribution in [0.5, 0.6) is 5.88 Å². The number of imidazole rings is 1. The average molecular weight is 395 g/mol. The maximum absolute atomic E-state index is 5.60. The van der Waals surface area contributed by atoms with Gasteiger partial charge in [-0.15, -0.1) is 0 Å². The minimum atomic E-state index is 0.482. The van der Waals surface area contributed by atoms with E-state index in [1.165, 1.54) is 12.8 Å². The number of hydrogen-bond donors (Lipinski definition) is 0. The Morgan fingerprint density at radius 2 is 2.00 bits per heavy atom. The smallest absolute Gasteiger partial charge is 0.213 e. The molecule has 1 saturated heterocycles. The van der Waals surface area contributed by atoms with Crippen LogP contribution in [0.1, 0.15) is 24.5 Å². The van der Waals surface area contributed by atoms with Crippen LogP contribution in [-0.2, 0) is 9.47 Å². The number of nitrogens with zero attached hydrogens (tertiary/aromatic N) is 5. The van der Waals surface area contributed by atoms with E-state index in [0.717, 1.165) is 54.6 Å². The zero-order chi connectivity index (χ0) is 19.6. The summed E-state index contributed by atoms with van der Waals surface area (Å²) < 4.78 is 18.1. The summed E-state index contributed by atoms with van der Waals surface area (Å²) in [5.41, 5.74) is 5.18. The van der Waals surface area contributed by atoms with Crippen molar-refractivity contribution in [2.24, 2.45) is 0 Å². The highest BCUT2D eigenvalue weighted by atomic mass is 16.5. The maximum Gasteiger partial charge on any atom is 0.213 e. The van der Waals surface area contributed by atoms with Crippen LogP contribution in [0.25, 0.3) is 16.9 Å². The third kappa shape index (κ3) is 3.65. The predicted octanol–water partition coefficient (Wildman–Crippen LogP) is 2.53. The Balaban J connectivity index is 1.53. The second-order valence-electron chi connectivity index (χ2n) is 7.40. The van der Waals surface area contributed by atoms with E-state index >= 15 is 0 Å². The molecule has 8 heteroatoms. The Morgan fingerprint density at radius 3 is 2.72 bits per heavy atom. The number of hydrogen-bond acceptors (Lipinski definition) is 7. The van der Waals surface area contributed by atoms with Gasteiger partial charge in [-0.05, 0) is 25.0 Å². The molecule has 2 fully saturated rings. The van der Waals surface area contributed by atoms with Crippen molar-refractivity contribution in [3.63, 3.8) is 0 Å². The lowest BCUT2D eigenvalue weighted by Gasteiger charge is -2.28. The van der Waals surface area contributed by atoms with Crippen LogP contribution < -0.4 is 9.64 Å². The molecule has 5 rings (SSSR count). The van der Waals surface area contributed by atoms with Gasteiger partial charge in [0.15, 0.2) is 5.65 Å². The number of rotatable bonds is 7. The van der Waals surface area contributed by atoms with Crippen molar-refractivity contribution in [3.8, 4) is 17.1 Å². The molecular weight excluding hydrogens is 370 g/mol. The fourth-order valence-electron chi connectivity index (χ4n) is 3.75. The minimum absolute atomic E-state index is 0.482. The molecule has 0 spiro atoms. The molecular formula is C21H25N5O3. The van der Waals surface area contributed by atoms with Gasteiger partial charge in [0.2, 0.25) is 5.88 Å². The summed E-state index contributed by atoms with van der Waals surface area (Å²) >= 11 is 0. The van der Waals surface area contributed by atoms with Gasteiger partial charge >= 0.3 is 0 Å². The zero-order valence-electron chi connectivity index (χ0n) is 16.6. The Kier molecular flexibility index (Phi) is 5.03. The number of pyridine rings is 1. The molecule has 29 heavy (non-hydrogen) atoms. The molecule has 3 aromatic rings. The van der Waals surface area contributed by atoms with Gasteiger partial charge in [0.05, 0.1) is 43.1 Å². The van der Waals surface area contributed by atoms with Gasteiger partial charge in [-0.3, -0.25) is 0 Å². The van der Waals surface area contributed by atoms with Gasteiger partial charge in [-0.2, -0.15) is 5.10 Å². The molecule has 1 aliphatic carbocycles. The van der Waals surface area contributed by atoms with Gasteiger partial charge in [0.1, 0.15) is 6.61 Å². The van der Waals surface area contributed by atoms with E-state index in [4.69, 9.17) is 19.2 Å². The first-order chi connectivity index (χ1) is 14.3. The van der Waals surface area contributed by atoms with Gasteiger partial charge in [0, 0.05) is 43.9 Å². The minimum Gasteiger partial charge on any atom is -0.475 e. The molecule has 3 aromatic heterocycles. The van der Waals surface area contributed by atoms with Crippen LogP contribution >= 0.6 is 0 Å². The Morgan fingerprint density at radius 1 is 1.14 bits per heavy atom. The fraction of sp³-hybridized carbons (Fsp3) is 0.476. The normalized spacial score (nSPS) is 17.1. The molecule has 4 heterocycles. The second kappa shape index (κ2) is 7.96. The van der Waals surface area contributed by atoms with Gasteiger partial charge in [-0.1, -0.05) is 0 Å². The van der Waals surface area contributed by atoms with Gasteiger partial charge < -0.3 is 19.1 Å². The Labute approximate surface area is 169 Å². The molecule has 0 unspecified atom stereocenters. The summed E-state index contributed by atoms with van der Waals surface area (Å²) in [5.74, 6) is 1.09. The monoisotopic (exact) mass is 395 g/mol. The lowest BCUT2D eigenvalue weighted by atomic mass is 10.1. The Hall–Kier alpha value is -2.71. The largest absolute Gasteiger partial charge is 0.475 e. The number of ether oxygens (including phenoxy) is 3. The summed E-state index contributed by atoms with van der Waals surface area (Å²) in [4.78, 5) is 11.9. The highest BCUT2D eigenvalue weighted by Crippen LogP contribution is 2.44. The van der Waals surface area contributed by atoms with Crippen molar-refractivity contribution >= 4 is 11.3 Å². The first-order valence-electron chi connectivity index (χ1n) is 10.1. The second-order valence-corrected chi connectivity index (χ2v) is 7.40. The molecule has 0 amide bonds. The van der Waals surface area contributed by atoms with Crippen LogP contribution in [-0.4, -0.2) is 66.2 Å². The third-order valence-electron chi connectivity index (χ3n) is 5.39. The molecule has 8 nitrogen and oxygen atoms in total. The molecule has 0 radical (unpaired) electrons. The van der Waals surface area contributed by atoms with Crippen molar-refractivity contribution in [2.75, 3.05) is 51.5 Å². The number of aromatic nitrogens is 4. The lowest BCUT2D eigenvalue weighted by molar-refractivity contribution is 0.123. The molecule has 1 saturated carbocycles. The zero-order valence-corrected chi connectivity index (χ0v) is 16.6. The standard InChI is InChI=1S/C21H25N5O3/c1-27-12-13-29-18-5-4-16(14-22-18)20-19(15-2-3-15)24-21-17(6-7-23-26(20)21)25-8-10-28-11-9-25/h4-7,14-15H,2-3,8-13H2,1H3. The van der Waals surface area contributed by atoms with Crippen LogP contribution in [0.15, 0.2) is 30.6 Å². The summed E-state index contributed by atoms with van der Waals surface area (Å²) in [6, 6.07) is 5.99. The van der Waals surface area contributed by atoms with E-state index in [0.29, 0.717) is 25.0 Å². The third-order valence-corrected chi connectivity index (χ3v) is 5.39. The molecule has 2 aliphatic rings. The summed E-state index contributed by atoms with van der Waals surface area (Å²) in [7, 11) is 1.65. The first-order valence-corrected chi connectivity index (χ1v) is 10.1. The topological polar surface area (TPSA) is 74.0 Å². The Bertz CT molecular complexity index is 978. The lowest BCUT2D eigenvalue weighted by Crippen LogP contribution is -2.36. The van der Waals surface area contributed by atoms with Crippen LogP contribution in [0.4, 0.5) is 5.69 Å². The van der Waals surface area contributed by atoms with E-state index < -0.39 is 0 Å². The average Bonchev–Trinajstić information content (AvgIpc) is 3.55. The number of morpholine rings is 1. The van der Waals surface area contributed by atoms with Crippen LogP contribution in [0.2, 0.25) is 0 Å². The SMILES string of the molecule is COCCOc1ccc(-c2c(C3CC3)nc3c(N4CCOCC4)ccnn23)cn1. The molecule has 1 aliphatic heterocycles. The molecule has 0 atom stereocenters. The summed E-state index contributed by atoms with van der Waals surface area (Å²) in [5, 5.41) is 4.65. The van der Waals surface area contributed by atoms with E-state index in [1.807, 2.05) is 29.0 Å².